The molecule has 1 aromatic rings. The molecule has 0 fully saturated rings. The largest absolute Gasteiger partial charge is 0.486 e. The summed E-state index contributed by atoms with van der Waals surface area (Å²) in [4.78, 5) is 32.9. The first kappa shape index (κ1) is 23.4. The van der Waals surface area contributed by atoms with Crippen molar-refractivity contribution in [3.8, 4) is 0 Å². The molecule has 10 heteroatoms. The lowest BCUT2D eigenvalue weighted by Crippen LogP contribution is -2.47. The zero-order valence-corrected chi connectivity index (χ0v) is 15.1. The highest BCUT2D eigenvalue weighted by Crippen LogP contribution is 2.20. The Labute approximate surface area is 160 Å². The van der Waals surface area contributed by atoms with Crippen LogP contribution in [-0.2, 0) is 20.8 Å². The minimum Gasteiger partial charge on any atom is -0.480 e. The smallest absolute Gasteiger partial charge is 0.480 e. The molecule has 7 nitrogen and oxygen atoms in total. The van der Waals surface area contributed by atoms with Crippen LogP contribution >= 0.6 is 0 Å². The number of aliphatic carboxylic acids is 2. The molecule has 2 atom stereocenters. The maximum absolute atomic E-state index is 12.4. The molecule has 0 spiro atoms. The molecule has 1 aromatic carbocycles. The van der Waals surface area contributed by atoms with Crippen LogP contribution in [0.3, 0.4) is 0 Å². The summed E-state index contributed by atoms with van der Waals surface area (Å²) in [5, 5.41) is 21.1. The number of unbranched alkanes of at least 4 members (excludes halogenated alkanes) is 1. The zero-order chi connectivity index (χ0) is 21.2. The van der Waals surface area contributed by atoms with Crippen molar-refractivity contribution in [2.75, 3.05) is 6.54 Å². The van der Waals surface area contributed by atoms with Crippen molar-refractivity contribution < 1.29 is 37.8 Å². The van der Waals surface area contributed by atoms with Crippen LogP contribution < -0.4 is 5.32 Å². The summed E-state index contributed by atoms with van der Waals surface area (Å²) >= 11 is 0. The van der Waals surface area contributed by atoms with Crippen LogP contribution in [0.1, 0.15) is 31.2 Å². The van der Waals surface area contributed by atoms with E-state index in [9.17, 15) is 37.8 Å². The molecular formula is C18H23F3N2O5. The van der Waals surface area contributed by atoms with E-state index in [-0.39, 0.29) is 37.0 Å². The van der Waals surface area contributed by atoms with E-state index in [2.05, 4.69) is 5.32 Å². The van der Waals surface area contributed by atoms with Gasteiger partial charge in [-0.3, -0.25) is 24.6 Å². The lowest BCUT2D eigenvalue weighted by Gasteiger charge is -2.22. The molecule has 0 saturated carbocycles. The van der Waals surface area contributed by atoms with Crippen LogP contribution in [0.4, 0.5) is 13.2 Å². The van der Waals surface area contributed by atoms with Gasteiger partial charge in [0.2, 0.25) is 6.41 Å². The maximum Gasteiger partial charge on any atom is 0.486 e. The lowest BCUT2D eigenvalue weighted by molar-refractivity contribution is -0.234. The monoisotopic (exact) mass is 404 g/mol. The second kappa shape index (κ2) is 11.3. The second-order valence-electron chi connectivity index (χ2n) is 6.24. The van der Waals surface area contributed by atoms with Gasteiger partial charge in [0.05, 0.1) is 0 Å². The van der Waals surface area contributed by atoms with Crippen molar-refractivity contribution in [3.05, 3.63) is 35.9 Å². The molecule has 0 radical (unpaired) electrons. The number of carbonyl (C=O) groups excluding carboxylic acids is 1. The number of hydrogen-bond donors (Lipinski definition) is 3. The fraction of sp³-hybridized carbons (Fsp3) is 0.500. The Balaban J connectivity index is 2.54. The summed E-state index contributed by atoms with van der Waals surface area (Å²) in [6.45, 7) is -0.588. The molecule has 0 aromatic heterocycles. The number of benzene rings is 1. The summed E-state index contributed by atoms with van der Waals surface area (Å²) in [7, 11) is 0. The third-order valence-corrected chi connectivity index (χ3v) is 4.16. The maximum atomic E-state index is 12.4. The predicted molar refractivity (Wildman–Crippen MR) is 93.4 cm³/mol. The van der Waals surface area contributed by atoms with Gasteiger partial charge in [-0.2, -0.15) is 0 Å². The Bertz CT molecular complexity index is 640. The van der Waals surface area contributed by atoms with E-state index in [4.69, 9.17) is 0 Å². The summed E-state index contributed by atoms with van der Waals surface area (Å²) in [6, 6.07) is 6.77. The van der Waals surface area contributed by atoms with E-state index in [0.717, 1.165) is 5.56 Å². The van der Waals surface area contributed by atoms with Gasteiger partial charge in [-0.15, -0.1) is 13.2 Å². The standard InChI is InChI=1S/C18H23F3N2O5/c19-18(20,21)23(12-24)11-5-4-8-14(16(25)26)22-15(17(27)28)10-9-13-6-2-1-3-7-13/h1-3,6-7,12,14-15,22H,4-5,8-11H2,(H,25,26)(H,27,28)/t14-,15-/m0/s1. The summed E-state index contributed by atoms with van der Waals surface area (Å²) in [5.74, 6) is -2.49. The first-order valence-electron chi connectivity index (χ1n) is 8.69. The number of amides is 1. The number of nitrogens with one attached hydrogen (secondary N) is 1. The van der Waals surface area contributed by atoms with Crippen LogP contribution in [0.15, 0.2) is 30.3 Å². The highest BCUT2D eigenvalue weighted by molar-refractivity contribution is 5.77. The lowest BCUT2D eigenvalue weighted by atomic mass is 10.0. The fourth-order valence-corrected chi connectivity index (χ4v) is 2.62. The number of nitrogens with zero attached hydrogens (tertiary/aromatic N) is 1. The van der Waals surface area contributed by atoms with Crippen molar-refractivity contribution in [2.24, 2.45) is 0 Å². The molecule has 156 valence electrons. The molecule has 0 bridgehead atoms. The Morgan fingerprint density at radius 3 is 2.11 bits per heavy atom. The van der Waals surface area contributed by atoms with E-state index in [1.165, 1.54) is 0 Å². The molecule has 0 aliphatic heterocycles. The van der Waals surface area contributed by atoms with Crippen molar-refractivity contribution in [1.29, 1.82) is 0 Å². The highest BCUT2D eigenvalue weighted by Gasteiger charge is 2.35. The Kier molecular flexibility index (Phi) is 9.43. The summed E-state index contributed by atoms with van der Waals surface area (Å²) in [5.41, 5.74) is 0.906. The van der Waals surface area contributed by atoms with Crippen LogP contribution in [0.25, 0.3) is 0 Å². The number of aryl methyl sites for hydroxylation is 1. The predicted octanol–water partition coefficient (Wildman–Crippen LogP) is 2.26. The molecule has 0 aliphatic carbocycles. The average Bonchev–Trinajstić information content (AvgIpc) is 2.62. The number of carbonyl (C=O) groups is 3. The molecule has 28 heavy (non-hydrogen) atoms. The molecule has 3 N–H and O–H groups in total. The molecule has 1 amide bonds. The van der Waals surface area contributed by atoms with Gasteiger partial charge in [0, 0.05) is 6.54 Å². The van der Waals surface area contributed by atoms with Crippen molar-refractivity contribution >= 4 is 18.3 Å². The fourth-order valence-electron chi connectivity index (χ4n) is 2.62. The quantitative estimate of drug-likeness (QED) is 0.265. The summed E-state index contributed by atoms with van der Waals surface area (Å²) in [6.07, 6.45) is -4.56. The van der Waals surface area contributed by atoms with Crippen LogP contribution in [0.2, 0.25) is 0 Å². The number of hydrogen-bond acceptors (Lipinski definition) is 4. The van der Waals surface area contributed by atoms with Gasteiger partial charge in [0.15, 0.2) is 0 Å². The molecule has 1 rings (SSSR count). The molecule has 0 heterocycles. The Hall–Kier alpha value is -2.62. The second-order valence-corrected chi connectivity index (χ2v) is 6.24. The van der Waals surface area contributed by atoms with Crippen molar-refractivity contribution in [1.82, 2.24) is 10.2 Å². The first-order chi connectivity index (χ1) is 13.1. The Morgan fingerprint density at radius 2 is 1.61 bits per heavy atom. The minimum absolute atomic E-state index is 0.0605. The normalized spacial score (nSPS) is 13.5. The third kappa shape index (κ3) is 8.38. The van der Waals surface area contributed by atoms with Gasteiger partial charge in [-0.25, -0.2) is 0 Å². The number of carboxylic acids is 2. The SMILES string of the molecule is O=CN(CCCC[C@H](N[C@@H](CCc1ccccc1)C(=O)O)C(=O)O)C(F)(F)F. The van der Waals surface area contributed by atoms with Gasteiger partial charge in [-0.05, 0) is 37.7 Å². The van der Waals surface area contributed by atoms with Crippen molar-refractivity contribution in [2.45, 2.75) is 50.5 Å². The van der Waals surface area contributed by atoms with E-state index < -0.39 is 36.9 Å². The topological polar surface area (TPSA) is 107 Å². The van der Waals surface area contributed by atoms with E-state index in [1.807, 2.05) is 30.3 Å². The van der Waals surface area contributed by atoms with E-state index in [1.54, 1.807) is 0 Å². The first-order valence-corrected chi connectivity index (χ1v) is 8.69. The van der Waals surface area contributed by atoms with Gasteiger partial charge in [0.1, 0.15) is 12.1 Å². The number of alkyl halides is 3. The third-order valence-electron chi connectivity index (χ3n) is 4.16. The number of rotatable bonds is 13. The van der Waals surface area contributed by atoms with E-state index >= 15 is 0 Å². The Morgan fingerprint density at radius 1 is 1.04 bits per heavy atom. The van der Waals surface area contributed by atoms with Crippen LogP contribution in [-0.4, -0.2) is 58.4 Å². The van der Waals surface area contributed by atoms with Gasteiger partial charge >= 0.3 is 18.2 Å². The van der Waals surface area contributed by atoms with Crippen molar-refractivity contribution in [3.63, 3.8) is 0 Å². The molecule has 0 saturated heterocycles. The van der Waals surface area contributed by atoms with Gasteiger partial charge in [-0.1, -0.05) is 30.3 Å². The van der Waals surface area contributed by atoms with Gasteiger partial charge in [0.25, 0.3) is 0 Å². The van der Waals surface area contributed by atoms with E-state index in [0.29, 0.717) is 6.42 Å². The minimum atomic E-state index is -4.78. The van der Waals surface area contributed by atoms with Crippen LogP contribution in [0.5, 0.6) is 0 Å². The van der Waals surface area contributed by atoms with Crippen LogP contribution in [0, 0.1) is 0 Å². The molecule has 0 unspecified atom stereocenters. The zero-order valence-electron chi connectivity index (χ0n) is 15.1. The molecular weight excluding hydrogens is 381 g/mol. The molecule has 0 aliphatic rings. The summed E-state index contributed by atoms with van der Waals surface area (Å²) < 4.78 is 37.3. The highest BCUT2D eigenvalue weighted by atomic mass is 19.4. The van der Waals surface area contributed by atoms with Gasteiger partial charge < -0.3 is 10.2 Å². The average molecular weight is 404 g/mol. The number of halogens is 3. The number of carboxylic acid groups (broad SMARTS) is 2.